The second-order valence-electron chi connectivity index (χ2n) is 3.42. The molecule has 0 saturated heterocycles. The number of hydrogen-bond donors (Lipinski definition) is 4. The minimum absolute atomic E-state index is 0.0903. The Labute approximate surface area is 110 Å². The maximum Gasteiger partial charge on any atom is 0.211 e. The number of aliphatic imine (C=N–C) groups is 1. The van der Waals surface area contributed by atoms with E-state index in [9.17, 15) is 0 Å². The topological polar surface area (TPSA) is 140 Å². The Morgan fingerprint density at radius 1 is 1.16 bits per heavy atom. The van der Waals surface area contributed by atoms with Gasteiger partial charge >= 0.3 is 0 Å². The molecule has 0 fully saturated rings. The van der Waals surface area contributed by atoms with Crippen LogP contribution in [0.2, 0.25) is 0 Å². The Morgan fingerprint density at radius 2 is 1.84 bits per heavy atom. The van der Waals surface area contributed by atoms with Gasteiger partial charge in [-0.25, -0.2) is 5.43 Å². The van der Waals surface area contributed by atoms with Crippen LogP contribution in [0.5, 0.6) is 0 Å². The van der Waals surface area contributed by atoms with E-state index in [1.807, 2.05) is 24.3 Å². The van der Waals surface area contributed by atoms with Crippen molar-refractivity contribution in [1.82, 2.24) is 5.43 Å². The highest BCUT2D eigenvalue weighted by atomic mass is 15.3. The molecular formula is C11H16N8. The molecule has 0 aliphatic heterocycles. The summed E-state index contributed by atoms with van der Waals surface area (Å²) >= 11 is 0. The van der Waals surface area contributed by atoms with Gasteiger partial charge in [0.25, 0.3) is 0 Å². The first-order chi connectivity index (χ1) is 9.11. The number of benzene rings is 1. The lowest BCUT2D eigenvalue weighted by Crippen LogP contribution is -2.26. The van der Waals surface area contributed by atoms with Gasteiger partial charge in [-0.3, -0.25) is 4.99 Å². The zero-order valence-corrected chi connectivity index (χ0v) is 10.5. The van der Waals surface area contributed by atoms with Gasteiger partial charge in [-0.05, 0) is 17.2 Å². The molecule has 0 aliphatic carbocycles. The second kappa shape index (κ2) is 7.43. The number of nitrogens with two attached hydrogens (primary N) is 3. The lowest BCUT2D eigenvalue weighted by Gasteiger charge is -1.97. The first kappa shape index (κ1) is 14.2. The predicted octanol–water partition coefficient (Wildman–Crippen LogP) is -0.838. The van der Waals surface area contributed by atoms with Crippen molar-refractivity contribution in [2.24, 2.45) is 37.5 Å². The van der Waals surface area contributed by atoms with Crippen LogP contribution in [-0.4, -0.2) is 31.4 Å². The van der Waals surface area contributed by atoms with Crippen LogP contribution in [0.3, 0.4) is 0 Å². The van der Waals surface area contributed by atoms with Gasteiger partial charge in [0.2, 0.25) is 11.9 Å². The van der Waals surface area contributed by atoms with Gasteiger partial charge in [0.15, 0.2) is 0 Å². The molecule has 100 valence electrons. The fourth-order valence-corrected chi connectivity index (χ4v) is 1.10. The lowest BCUT2D eigenvalue weighted by atomic mass is 10.1. The largest absolute Gasteiger partial charge is 0.369 e. The average molecular weight is 260 g/mol. The summed E-state index contributed by atoms with van der Waals surface area (Å²) in [5.41, 5.74) is 20.0. The van der Waals surface area contributed by atoms with E-state index >= 15 is 0 Å². The maximum absolute atomic E-state index is 5.43. The summed E-state index contributed by atoms with van der Waals surface area (Å²) in [4.78, 5) is 3.70. The van der Waals surface area contributed by atoms with Crippen LogP contribution in [0, 0.1) is 0 Å². The normalized spacial score (nSPS) is 11.9. The minimum atomic E-state index is -0.0903. The van der Waals surface area contributed by atoms with Crippen molar-refractivity contribution >= 4 is 24.3 Å². The fourth-order valence-electron chi connectivity index (χ4n) is 1.10. The molecule has 0 amide bonds. The van der Waals surface area contributed by atoms with E-state index in [4.69, 9.17) is 17.2 Å². The van der Waals surface area contributed by atoms with Gasteiger partial charge in [0.1, 0.15) is 0 Å². The summed E-state index contributed by atoms with van der Waals surface area (Å²) < 4.78 is 0. The molecule has 0 saturated carbocycles. The SMILES string of the molecule is CN=C(N)N/N=C/c1cccc(/C=N/N=C(N)N)c1. The predicted molar refractivity (Wildman–Crippen MR) is 78.1 cm³/mol. The van der Waals surface area contributed by atoms with Crippen LogP contribution in [0.15, 0.2) is 44.6 Å². The van der Waals surface area contributed by atoms with E-state index in [1.165, 1.54) is 6.21 Å². The third-order valence-corrected chi connectivity index (χ3v) is 1.92. The highest BCUT2D eigenvalue weighted by molar-refractivity contribution is 5.87. The molecule has 19 heavy (non-hydrogen) atoms. The highest BCUT2D eigenvalue weighted by Gasteiger charge is 1.91. The molecular weight excluding hydrogens is 244 g/mol. The first-order valence-corrected chi connectivity index (χ1v) is 5.35. The van der Waals surface area contributed by atoms with E-state index in [0.29, 0.717) is 0 Å². The standard InChI is InChI=1S/C11H16N8/c1-15-11(14)19-17-7-9-4-2-3-8(5-9)6-16-18-10(12)13/h2-7H,1H3,(H4,12,13,18)(H3,14,15,19)/b16-6+,17-7+. The van der Waals surface area contributed by atoms with Crippen molar-refractivity contribution in [3.63, 3.8) is 0 Å². The van der Waals surface area contributed by atoms with Crippen molar-refractivity contribution in [3.05, 3.63) is 35.4 Å². The highest BCUT2D eigenvalue weighted by Crippen LogP contribution is 2.00. The lowest BCUT2D eigenvalue weighted by molar-refractivity contribution is 1.01. The third-order valence-electron chi connectivity index (χ3n) is 1.92. The van der Waals surface area contributed by atoms with Crippen molar-refractivity contribution in [2.75, 3.05) is 7.05 Å². The van der Waals surface area contributed by atoms with Gasteiger partial charge in [-0.2, -0.15) is 10.2 Å². The molecule has 0 aliphatic rings. The molecule has 7 N–H and O–H groups in total. The Hall–Kier alpha value is -2.90. The van der Waals surface area contributed by atoms with Gasteiger partial charge in [-0.15, -0.1) is 5.10 Å². The maximum atomic E-state index is 5.43. The van der Waals surface area contributed by atoms with Gasteiger partial charge < -0.3 is 17.2 Å². The Morgan fingerprint density at radius 3 is 2.47 bits per heavy atom. The van der Waals surface area contributed by atoms with Crippen LogP contribution >= 0.6 is 0 Å². The van der Waals surface area contributed by atoms with Crippen LogP contribution < -0.4 is 22.6 Å². The number of nitrogens with one attached hydrogen (secondary N) is 1. The summed E-state index contributed by atoms with van der Waals surface area (Å²) in [5.74, 6) is 0.147. The molecule has 1 rings (SSSR count). The number of hydrazone groups is 1. The minimum Gasteiger partial charge on any atom is -0.369 e. The van der Waals surface area contributed by atoms with Crippen molar-refractivity contribution in [3.8, 4) is 0 Å². The monoisotopic (exact) mass is 260 g/mol. The van der Waals surface area contributed by atoms with Crippen molar-refractivity contribution in [1.29, 1.82) is 0 Å². The van der Waals surface area contributed by atoms with Crippen LogP contribution in [0.1, 0.15) is 11.1 Å². The summed E-state index contributed by atoms with van der Waals surface area (Å²) in [6.45, 7) is 0. The van der Waals surface area contributed by atoms with Gasteiger partial charge in [-0.1, -0.05) is 18.2 Å². The van der Waals surface area contributed by atoms with E-state index in [1.54, 1.807) is 13.3 Å². The molecule has 1 aromatic rings. The summed E-state index contributed by atoms with van der Waals surface area (Å²) in [6.07, 6.45) is 3.14. The number of hydrogen-bond acceptors (Lipinski definition) is 4. The number of nitrogens with zero attached hydrogens (tertiary/aromatic N) is 4. The zero-order valence-electron chi connectivity index (χ0n) is 10.5. The quantitative estimate of drug-likeness (QED) is 0.318. The molecule has 0 atom stereocenters. The number of rotatable bonds is 4. The van der Waals surface area contributed by atoms with Crippen molar-refractivity contribution < 1.29 is 0 Å². The molecule has 0 unspecified atom stereocenters. The van der Waals surface area contributed by atoms with Gasteiger partial charge in [0, 0.05) is 7.05 Å². The smallest absolute Gasteiger partial charge is 0.211 e. The average Bonchev–Trinajstić information content (AvgIpc) is 2.38. The molecule has 0 heterocycles. The summed E-state index contributed by atoms with van der Waals surface area (Å²) in [5, 5.41) is 11.1. The molecule has 0 spiro atoms. The summed E-state index contributed by atoms with van der Waals surface area (Å²) in [6, 6.07) is 7.45. The van der Waals surface area contributed by atoms with E-state index in [2.05, 4.69) is 25.7 Å². The van der Waals surface area contributed by atoms with Crippen molar-refractivity contribution in [2.45, 2.75) is 0 Å². The molecule has 0 bridgehead atoms. The molecule has 0 aromatic heterocycles. The van der Waals surface area contributed by atoms with E-state index < -0.39 is 0 Å². The van der Waals surface area contributed by atoms with E-state index in [-0.39, 0.29) is 11.9 Å². The van der Waals surface area contributed by atoms with Crippen LogP contribution in [0.4, 0.5) is 0 Å². The van der Waals surface area contributed by atoms with Crippen LogP contribution in [-0.2, 0) is 0 Å². The second-order valence-corrected chi connectivity index (χ2v) is 3.42. The fraction of sp³-hybridized carbons (Fsp3) is 0.0909. The zero-order chi connectivity index (χ0) is 14.1. The Bertz CT molecular complexity index is 525. The molecule has 8 nitrogen and oxygen atoms in total. The Balaban J connectivity index is 2.72. The van der Waals surface area contributed by atoms with Gasteiger partial charge in [0.05, 0.1) is 12.4 Å². The van der Waals surface area contributed by atoms with Crippen LogP contribution in [0.25, 0.3) is 0 Å². The molecule has 8 heteroatoms. The first-order valence-electron chi connectivity index (χ1n) is 5.35. The summed E-state index contributed by atoms with van der Waals surface area (Å²) in [7, 11) is 1.57. The van der Waals surface area contributed by atoms with E-state index in [0.717, 1.165) is 11.1 Å². The molecule has 0 radical (unpaired) electrons. The molecule has 1 aromatic carbocycles. The number of guanidine groups is 2. The Kier molecular flexibility index (Phi) is 5.54. The third kappa shape index (κ3) is 5.82.